The fourth-order valence-corrected chi connectivity index (χ4v) is 5.70. The highest BCUT2D eigenvalue weighted by Gasteiger charge is 2.35. The maximum absolute atomic E-state index is 15.0. The first-order chi connectivity index (χ1) is 20.8. The third kappa shape index (κ3) is 5.09. The van der Waals surface area contributed by atoms with E-state index < -0.39 is 68.4 Å². The normalized spacial score (nSPS) is 19.6. The molecule has 2 aliphatic rings. The second kappa shape index (κ2) is 10.8. The summed E-state index contributed by atoms with van der Waals surface area (Å²) < 4.78 is 107. The van der Waals surface area contributed by atoms with E-state index in [4.69, 9.17) is 7.48 Å². The van der Waals surface area contributed by atoms with Crippen molar-refractivity contribution in [3.8, 4) is 5.75 Å². The number of amides is 1. The van der Waals surface area contributed by atoms with Crippen molar-refractivity contribution in [1.29, 1.82) is 0 Å². The Morgan fingerprint density at radius 3 is 2.83 bits per heavy atom. The lowest BCUT2D eigenvalue weighted by Crippen LogP contribution is -2.30. The number of ether oxygens (including phenoxy) is 2. The Balaban J connectivity index is 1.26. The van der Waals surface area contributed by atoms with Gasteiger partial charge in [0.2, 0.25) is 15.3 Å². The molecule has 2 aliphatic heterocycles. The number of nitrogens with zero attached hydrogens (tertiary/aromatic N) is 4. The van der Waals surface area contributed by atoms with E-state index >= 15 is 0 Å². The highest BCUT2D eigenvalue weighted by Crippen LogP contribution is 2.36. The number of halogens is 4. The van der Waals surface area contributed by atoms with Gasteiger partial charge in [-0.1, -0.05) is 0 Å². The largest absolute Gasteiger partial charge is 0.488 e. The van der Waals surface area contributed by atoms with Crippen molar-refractivity contribution in [2.45, 2.75) is 29.9 Å². The van der Waals surface area contributed by atoms with Crippen molar-refractivity contribution in [3.63, 3.8) is 0 Å². The predicted octanol–water partition coefficient (Wildman–Crippen LogP) is 4.16. The first-order valence-electron chi connectivity index (χ1n) is 13.4. The first kappa shape index (κ1) is 25.3. The van der Waals surface area contributed by atoms with Crippen molar-refractivity contribution in [3.05, 3.63) is 77.0 Å². The number of rotatable bonds is 5. The molecule has 0 spiro atoms. The van der Waals surface area contributed by atoms with Crippen LogP contribution in [0.2, 0.25) is 0 Å². The number of aromatic nitrogens is 3. The molecular weight excluding hydrogens is 582 g/mol. The average Bonchev–Trinajstić information content (AvgIpc) is 3.07. The Morgan fingerprint density at radius 1 is 1.19 bits per heavy atom. The van der Waals surface area contributed by atoms with Gasteiger partial charge < -0.3 is 19.7 Å². The second-order valence-corrected chi connectivity index (χ2v) is 11.3. The molecule has 15 heteroatoms. The minimum absolute atomic E-state index is 0.191. The van der Waals surface area contributed by atoms with Crippen LogP contribution in [0.3, 0.4) is 0 Å². The molecule has 1 amide bonds. The number of hydrogen-bond acceptors (Lipinski definition) is 9. The number of anilines is 2. The summed E-state index contributed by atoms with van der Waals surface area (Å²) in [6, 6.07) is 8.91. The van der Waals surface area contributed by atoms with Crippen LogP contribution < -0.4 is 15.0 Å². The van der Waals surface area contributed by atoms with Crippen LogP contribution in [0.15, 0.2) is 53.6 Å². The summed E-state index contributed by atoms with van der Waals surface area (Å²) in [5.74, 6) is -1.41. The average molecular weight is 606 g/mol. The summed E-state index contributed by atoms with van der Waals surface area (Å²) in [4.78, 5) is 26.4. The van der Waals surface area contributed by atoms with Crippen LogP contribution in [0.5, 0.6) is 5.75 Å². The van der Waals surface area contributed by atoms with E-state index in [2.05, 4.69) is 25.0 Å². The molecule has 0 unspecified atom stereocenters. The van der Waals surface area contributed by atoms with E-state index in [-0.39, 0.29) is 19.0 Å². The molecule has 0 fully saturated rings. The summed E-state index contributed by atoms with van der Waals surface area (Å²) in [7, 11) is -4.86. The summed E-state index contributed by atoms with van der Waals surface area (Å²) in [6.07, 6.45) is -1.28. The Bertz CT molecular complexity index is 1920. The lowest BCUT2D eigenvalue weighted by Gasteiger charge is -2.29. The van der Waals surface area contributed by atoms with Gasteiger partial charge in [-0.05, 0) is 42.5 Å². The molecule has 1 aromatic carbocycles. The molecule has 4 aromatic rings. The first-order valence-corrected chi connectivity index (χ1v) is 14.0. The molecule has 42 heavy (non-hydrogen) atoms. The Hall–Kier alpha value is -4.37. The van der Waals surface area contributed by atoms with Crippen LogP contribution in [-0.4, -0.2) is 54.5 Å². The molecular formula is C27H21F4N5O5S. The highest BCUT2D eigenvalue weighted by atomic mass is 32.2. The zero-order valence-corrected chi connectivity index (χ0v) is 22.2. The number of fused-ring (bicyclic) bond motifs is 3. The number of alkyl halides is 3. The van der Waals surface area contributed by atoms with Gasteiger partial charge in [-0.25, -0.2) is 35.9 Å². The molecule has 0 bridgehead atoms. The van der Waals surface area contributed by atoms with Gasteiger partial charge in [0.05, 0.1) is 45.1 Å². The fourth-order valence-electron chi connectivity index (χ4n) is 4.46. The molecule has 0 radical (unpaired) electrons. The monoisotopic (exact) mass is 605 g/mol. The fraction of sp³-hybridized carbons (Fsp3) is 0.259. The summed E-state index contributed by atoms with van der Waals surface area (Å²) in [6.45, 7) is -3.75. The zero-order chi connectivity index (χ0) is 31.4. The van der Waals surface area contributed by atoms with E-state index in [0.717, 1.165) is 0 Å². The van der Waals surface area contributed by atoms with Gasteiger partial charge in [0.1, 0.15) is 23.9 Å². The van der Waals surface area contributed by atoms with Gasteiger partial charge in [-0.3, -0.25) is 9.78 Å². The minimum atomic E-state index is -4.86. The smallest absolute Gasteiger partial charge is 0.280 e. The van der Waals surface area contributed by atoms with Gasteiger partial charge in [0.15, 0.2) is 11.6 Å². The third-order valence-corrected chi connectivity index (χ3v) is 8.33. The van der Waals surface area contributed by atoms with Crippen LogP contribution in [0.25, 0.3) is 10.9 Å². The van der Waals surface area contributed by atoms with Crippen molar-refractivity contribution < 1.29 is 43.0 Å². The van der Waals surface area contributed by atoms with E-state index in [0.29, 0.717) is 46.8 Å². The molecule has 0 saturated carbocycles. The summed E-state index contributed by atoms with van der Waals surface area (Å²) in [5.41, 5.74) is -3.83. The lowest BCUT2D eigenvalue weighted by molar-refractivity contribution is 0.0938. The van der Waals surface area contributed by atoms with Crippen LogP contribution in [0.4, 0.5) is 29.2 Å². The number of pyridine rings is 3. The van der Waals surface area contributed by atoms with E-state index in [1.807, 2.05) is 0 Å². The SMILES string of the molecule is [2H]C1([2H])OC[C@H](F)S(=O)(=O)c2cc(C(=O)NCc3cc4nc(N5CCOc6ccc(C(F)F)nc65)ccc4cn3)cc(F)c21. The third-order valence-electron chi connectivity index (χ3n) is 6.58. The highest BCUT2D eigenvalue weighted by molar-refractivity contribution is 7.92. The minimum Gasteiger partial charge on any atom is -0.488 e. The lowest BCUT2D eigenvalue weighted by atomic mass is 10.1. The van der Waals surface area contributed by atoms with Crippen molar-refractivity contribution in [1.82, 2.24) is 20.3 Å². The van der Waals surface area contributed by atoms with Gasteiger partial charge >= 0.3 is 0 Å². The van der Waals surface area contributed by atoms with Gasteiger partial charge in [-0.15, -0.1) is 0 Å². The number of nitrogens with one attached hydrogen (secondary N) is 1. The summed E-state index contributed by atoms with van der Waals surface area (Å²) >= 11 is 0. The quantitative estimate of drug-likeness (QED) is 0.334. The van der Waals surface area contributed by atoms with Crippen LogP contribution >= 0.6 is 0 Å². The molecule has 0 aliphatic carbocycles. The molecule has 218 valence electrons. The molecule has 3 aromatic heterocycles. The maximum Gasteiger partial charge on any atom is 0.280 e. The molecule has 1 N–H and O–H groups in total. The molecule has 5 heterocycles. The predicted molar refractivity (Wildman–Crippen MR) is 141 cm³/mol. The molecule has 10 nitrogen and oxygen atoms in total. The zero-order valence-electron chi connectivity index (χ0n) is 23.4. The van der Waals surface area contributed by atoms with Crippen molar-refractivity contribution in [2.75, 3.05) is 24.7 Å². The number of sulfone groups is 1. The standard InChI is InChI=1S/C27H21F4N5O5S/c28-18-7-15(8-22-17(18)12-40-13-23(29)42(22,38)39)27(37)33-11-16-9-20-14(10-32-16)1-4-24(34-20)36-5-6-41-21-3-2-19(25(30)31)35-26(21)36/h1-4,7-10,23,25H,5-6,11-13H2,(H,33,37)/t23-/m1/s1/i12D2. The van der Waals surface area contributed by atoms with Crippen molar-refractivity contribution >= 4 is 38.3 Å². The number of benzene rings is 1. The number of carbonyl (C=O) groups is 1. The van der Waals surface area contributed by atoms with Crippen LogP contribution in [0, 0.1) is 5.82 Å². The van der Waals surface area contributed by atoms with Crippen molar-refractivity contribution in [2.24, 2.45) is 0 Å². The molecule has 6 rings (SSSR count). The van der Waals surface area contributed by atoms with Crippen LogP contribution in [-0.2, 0) is 27.7 Å². The summed E-state index contributed by atoms with van der Waals surface area (Å²) in [5, 5.41) is 3.11. The molecule has 1 atom stereocenters. The number of hydrogen-bond donors (Lipinski definition) is 1. The Kier molecular flexibility index (Phi) is 6.52. The Labute approximate surface area is 239 Å². The Morgan fingerprint density at radius 2 is 2.02 bits per heavy atom. The maximum atomic E-state index is 15.0. The van der Waals surface area contributed by atoms with Gasteiger partial charge in [0, 0.05) is 22.7 Å². The van der Waals surface area contributed by atoms with E-state index in [9.17, 15) is 30.8 Å². The topological polar surface area (TPSA) is 124 Å². The van der Waals surface area contributed by atoms with E-state index in [1.165, 1.54) is 18.3 Å². The van der Waals surface area contributed by atoms with E-state index in [1.54, 1.807) is 23.1 Å². The van der Waals surface area contributed by atoms with Gasteiger partial charge in [0.25, 0.3) is 12.3 Å². The van der Waals surface area contributed by atoms with Gasteiger partial charge in [-0.2, -0.15) is 0 Å². The second-order valence-electron chi connectivity index (χ2n) is 9.28. The molecule has 0 saturated heterocycles. The van der Waals surface area contributed by atoms with Crippen LogP contribution in [0.1, 0.15) is 36.5 Å². The number of carbonyl (C=O) groups excluding carboxylic acids is 1.